The average Bonchev–Trinajstić information content (AvgIpc) is 2.37. The van der Waals surface area contributed by atoms with Crippen LogP contribution in [0.5, 0.6) is 5.75 Å². The van der Waals surface area contributed by atoms with Crippen molar-refractivity contribution in [2.45, 2.75) is 6.92 Å². The summed E-state index contributed by atoms with van der Waals surface area (Å²) in [5.74, 6) is 0.671. The summed E-state index contributed by atoms with van der Waals surface area (Å²) in [6.45, 7) is 1.74. The minimum absolute atomic E-state index is 0.0864. The third kappa shape index (κ3) is 2.66. The molecule has 0 unspecified atom stereocenters. The van der Waals surface area contributed by atoms with E-state index in [1.165, 1.54) is 6.07 Å². The quantitative estimate of drug-likeness (QED) is 0.635. The zero-order chi connectivity index (χ0) is 14.0. The normalized spacial score (nSPS) is 10.3. The molecule has 0 aliphatic rings. The van der Waals surface area contributed by atoms with E-state index >= 15 is 0 Å². The molecule has 1 aromatic carbocycles. The third-order valence-electron chi connectivity index (χ3n) is 2.62. The Balaban J connectivity index is 2.62. The first-order valence-electron chi connectivity index (χ1n) is 5.49. The number of aryl methyl sites for hydroxylation is 1. The van der Waals surface area contributed by atoms with Crippen LogP contribution in [-0.4, -0.2) is 17.0 Å². The number of nitro groups is 1. The van der Waals surface area contributed by atoms with Gasteiger partial charge in [0.1, 0.15) is 16.5 Å². The van der Waals surface area contributed by atoms with Crippen molar-refractivity contribution >= 4 is 17.3 Å². The van der Waals surface area contributed by atoms with Crippen molar-refractivity contribution in [2.75, 3.05) is 7.11 Å². The number of halogens is 1. The van der Waals surface area contributed by atoms with E-state index in [2.05, 4.69) is 4.98 Å². The van der Waals surface area contributed by atoms with E-state index < -0.39 is 4.92 Å². The van der Waals surface area contributed by atoms with Gasteiger partial charge in [0.05, 0.1) is 12.0 Å². The standard InChI is InChI=1S/C13H11ClN2O3/c1-8-7-11(14)13(16(17)18)12(15-8)9-3-5-10(19-2)6-4-9/h3-7H,1-2H3. The number of ether oxygens (including phenoxy) is 1. The van der Waals surface area contributed by atoms with E-state index in [1.54, 1.807) is 38.3 Å². The smallest absolute Gasteiger partial charge is 0.313 e. The van der Waals surface area contributed by atoms with Gasteiger partial charge in [-0.15, -0.1) is 0 Å². The van der Waals surface area contributed by atoms with Gasteiger partial charge >= 0.3 is 5.69 Å². The van der Waals surface area contributed by atoms with Gasteiger partial charge in [-0.25, -0.2) is 4.98 Å². The second kappa shape index (κ2) is 5.24. The maximum atomic E-state index is 11.1. The summed E-state index contributed by atoms with van der Waals surface area (Å²) in [7, 11) is 1.55. The highest BCUT2D eigenvalue weighted by molar-refractivity contribution is 6.33. The minimum Gasteiger partial charge on any atom is -0.497 e. The zero-order valence-electron chi connectivity index (χ0n) is 10.4. The van der Waals surface area contributed by atoms with Crippen molar-refractivity contribution in [1.82, 2.24) is 4.98 Å². The van der Waals surface area contributed by atoms with Gasteiger partial charge in [0.15, 0.2) is 0 Å². The molecule has 5 nitrogen and oxygen atoms in total. The zero-order valence-corrected chi connectivity index (χ0v) is 11.1. The molecular formula is C13H11ClN2O3. The molecule has 0 spiro atoms. The van der Waals surface area contributed by atoms with Crippen LogP contribution in [0.3, 0.4) is 0 Å². The Morgan fingerprint density at radius 1 is 1.32 bits per heavy atom. The molecule has 0 bridgehead atoms. The van der Waals surface area contributed by atoms with Crippen molar-refractivity contribution in [2.24, 2.45) is 0 Å². The van der Waals surface area contributed by atoms with Crippen LogP contribution < -0.4 is 4.74 Å². The van der Waals surface area contributed by atoms with Gasteiger partial charge < -0.3 is 4.74 Å². The Morgan fingerprint density at radius 2 is 1.95 bits per heavy atom. The van der Waals surface area contributed by atoms with Gasteiger partial charge in [-0.3, -0.25) is 10.1 Å². The number of aromatic nitrogens is 1. The molecule has 1 heterocycles. The number of hydrogen-bond acceptors (Lipinski definition) is 4. The lowest BCUT2D eigenvalue weighted by Crippen LogP contribution is -1.97. The van der Waals surface area contributed by atoms with Crippen molar-refractivity contribution in [3.05, 3.63) is 51.2 Å². The summed E-state index contributed by atoms with van der Waals surface area (Å²) < 4.78 is 5.05. The molecule has 98 valence electrons. The molecule has 0 amide bonds. The van der Waals surface area contributed by atoms with Crippen LogP contribution in [0.2, 0.25) is 5.02 Å². The van der Waals surface area contributed by atoms with Crippen LogP contribution in [0, 0.1) is 17.0 Å². The van der Waals surface area contributed by atoms with Gasteiger partial charge in [-0.05, 0) is 37.3 Å². The average molecular weight is 279 g/mol. The summed E-state index contributed by atoms with van der Waals surface area (Å²) in [6.07, 6.45) is 0. The predicted octanol–water partition coefficient (Wildman–Crippen LogP) is 3.63. The molecule has 19 heavy (non-hydrogen) atoms. The van der Waals surface area contributed by atoms with Crippen LogP contribution in [0.4, 0.5) is 5.69 Å². The maximum absolute atomic E-state index is 11.1. The molecule has 0 radical (unpaired) electrons. The van der Waals surface area contributed by atoms with Crippen molar-refractivity contribution < 1.29 is 9.66 Å². The van der Waals surface area contributed by atoms with Crippen LogP contribution in [0.1, 0.15) is 5.69 Å². The first-order chi connectivity index (χ1) is 9.02. The first kappa shape index (κ1) is 13.3. The highest BCUT2D eigenvalue weighted by Gasteiger charge is 2.22. The van der Waals surface area contributed by atoms with E-state index in [0.29, 0.717) is 17.0 Å². The minimum atomic E-state index is -0.520. The largest absolute Gasteiger partial charge is 0.497 e. The summed E-state index contributed by atoms with van der Waals surface area (Å²) in [6, 6.07) is 8.34. The summed E-state index contributed by atoms with van der Waals surface area (Å²) in [5.41, 5.74) is 1.33. The van der Waals surface area contributed by atoms with Crippen molar-refractivity contribution in [1.29, 1.82) is 0 Å². The highest BCUT2D eigenvalue weighted by atomic mass is 35.5. The van der Waals surface area contributed by atoms with Crippen LogP contribution in [0.15, 0.2) is 30.3 Å². The van der Waals surface area contributed by atoms with E-state index in [-0.39, 0.29) is 16.4 Å². The summed E-state index contributed by atoms with van der Waals surface area (Å²) in [5, 5.41) is 11.2. The van der Waals surface area contributed by atoms with E-state index in [0.717, 1.165) is 0 Å². The Kier molecular flexibility index (Phi) is 3.66. The number of pyridine rings is 1. The Hall–Kier alpha value is -2.14. The molecule has 0 aliphatic carbocycles. The number of rotatable bonds is 3. The third-order valence-corrected chi connectivity index (χ3v) is 2.91. The molecule has 0 saturated heterocycles. The Bertz CT molecular complexity index is 627. The predicted molar refractivity (Wildman–Crippen MR) is 72.6 cm³/mol. The Morgan fingerprint density at radius 3 is 2.47 bits per heavy atom. The molecule has 0 aliphatic heterocycles. The number of methoxy groups -OCH3 is 1. The fourth-order valence-electron chi connectivity index (χ4n) is 1.75. The number of nitrogens with zero attached hydrogens (tertiary/aromatic N) is 2. The molecule has 6 heteroatoms. The lowest BCUT2D eigenvalue weighted by Gasteiger charge is -2.06. The lowest BCUT2D eigenvalue weighted by atomic mass is 10.1. The molecule has 0 atom stereocenters. The lowest BCUT2D eigenvalue weighted by molar-refractivity contribution is -0.384. The van der Waals surface area contributed by atoms with E-state index in [1.807, 2.05) is 0 Å². The monoisotopic (exact) mass is 278 g/mol. The number of benzene rings is 1. The molecular weight excluding hydrogens is 268 g/mol. The maximum Gasteiger partial charge on any atom is 0.313 e. The first-order valence-corrected chi connectivity index (χ1v) is 5.86. The van der Waals surface area contributed by atoms with Gasteiger partial charge in [-0.2, -0.15) is 0 Å². The molecule has 1 aromatic heterocycles. The van der Waals surface area contributed by atoms with Gasteiger partial charge in [0.25, 0.3) is 0 Å². The SMILES string of the molecule is COc1ccc(-c2nc(C)cc(Cl)c2[N+](=O)[O-])cc1. The summed E-state index contributed by atoms with van der Waals surface area (Å²) in [4.78, 5) is 14.8. The molecule has 0 saturated carbocycles. The Labute approximate surface area is 115 Å². The van der Waals surface area contributed by atoms with Gasteiger partial charge in [0.2, 0.25) is 0 Å². The van der Waals surface area contributed by atoms with Crippen molar-refractivity contribution in [3.8, 4) is 17.0 Å². The van der Waals surface area contributed by atoms with E-state index in [9.17, 15) is 10.1 Å². The van der Waals surface area contributed by atoms with E-state index in [4.69, 9.17) is 16.3 Å². The van der Waals surface area contributed by atoms with Crippen LogP contribution in [-0.2, 0) is 0 Å². The fourth-order valence-corrected chi connectivity index (χ4v) is 2.07. The second-order valence-corrected chi connectivity index (χ2v) is 4.34. The second-order valence-electron chi connectivity index (χ2n) is 3.93. The molecule has 2 aromatic rings. The van der Waals surface area contributed by atoms with Gasteiger partial charge in [-0.1, -0.05) is 11.6 Å². The van der Waals surface area contributed by atoms with Gasteiger partial charge in [0, 0.05) is 11.3 Å². The molecule has 0 fully saturated rings. The highest BCUT2D eigenvalue weighted by Crippen LogP contribution is 2.35. The topological polar surface area (TPSA) is 65.3 Å². The molecule has 2 rings (SSSR count). The van der Waals surface area contributed by atoms with Crippen molar-refractivity contribution in [3.63, 3.8) is 0 Å². The number of hydrogen-bond donors (Lipinski definition) is 0. The summed E-state index contributed by atoms with van der Waals surface area (Å²) >= 11 is 5.93. The van der Waals surface area contributed by atoms with Crippen LogP contribution >= 0.6 is 11.6 Å². The van der Waals surface area contributed by atoms with Crippen LogP contribution in [0.25, 0.3) is 11.3 Å². The fraction of sp³-hybridized carbons (Fsp3) is 0.154. The molecule has 0 N–H and O–H groups in total.